The van der Waals surface area contributed by atoms with E-state index in [2.05, 4.69) is 18.7 Å². The molecular weight excluding hydrogens is 254 g/mol. The highest BCUT2D eigenvalue weighted by Gasteiger charge is 2.27. The summed E-state index contributed by atoms with van der Waals surface area (Å²) in [7, 11) is 0. The summed E-state index contributed by atoms with van der Waals surface area (Å²) in [4.78, 5) is 16.6. The molecule has 1 unspecified atom stereocenters. The number of nitrogens with zero attached hydrogens (tertiary/aromatic N) is 2. The minimum Gasteiger partial charge on any atom is -0.377 e. The van der Waals surface area contributed by atoms with Gasteiger partial charge >= 0.3 is 0 Å². The Hall–Kier alpha value is -0.650. The highest BCUT2D eigenvalue weighted by Crippen LogP contribution is 2.15. The Labute approximate surface area is 122 Å². The van der Waals surface area contributed by atoms with Crippen molar-refractivity contribution in [2.24, 2.45) is 11.7 Å². The molecule has 0 saturated carbocycles. The average molecular weight is 283 g/mol. The van der Waals surface area contributed by atoms with Crippen LogP contribution in [0.15, 0.2) is 0 Å². The third kappa shape index (κ3) is 4.43. The molecule has 2 atom stereocenters. The number of amides is 1. The van der Waals surface area contributed by atoms with Gasteiger partial charge in [-0.2, -0.15) is 0 Å². The maximum absolute atomic E-state index is 12.2. The van der Waals surface area contributed by atoms with Crippen LogP contribution < -0.4 is 5.73 Å². The van der Waals surface area contributed by atoms with Gasteiger partial charge in [0.05, 0.1) is 12.1 Å². The monoisotopic (exact) mass is 283 g/mol. The van der Waals surface area contributed by atoms with Crippen LogP contribution in [0, 0.1) is 5.92 Å². The van der Waals surface area contributed by atoms with Crippen molar-refractivity contribution >= 4 is 5.91 Å². The number of nitrogens with two attached hydrogens (primary N) is 1. The summed E-state index contributed by atoms with van der Waals surface area (Å²) in [6.07, 6.45) is 3.54. The van der Waals surface area contributed by atoms with Gasteiger partial charge in [-0.1, -0.05) is 13.8 Å². The summed E-state index contributed by atoms with van der Waals surface area (Å²) in [5.41, 5.74) is 5.99. The highest BCUT2D eigenvalue weighted by molar-refractivity contribution is 5.81. The van der Waals surface area contributed by atoms with Gasteiger partial charge in [0.2, 0.25) is 5.91 Å². The van der Waals surface area contributed by atoms with Crippen LogP contribution in [0.4, 0.5) is 0 Å². The smallest absolute Gasteiger partial charge is 0.239 e. The molecule has 5 heteroatoms. The molecule has 2 aliphatic heterocycles. The fraction of sp³-hybridized carbons (Fsp3) is 0.933. The molecule has 2 fully saturated rings. The summed E-state index contributed by atoms with van der Waals surface area (Å²) >= 11 is 0. The Bertz CT molecular complexity index is 308. The SMILES string of the molecule is CC(C)C[C@@H](N)C(=O)N1CCN(CC2CCCO2)CC1. The zero-order valence-electron chi connectivity index (χ0n) is 12.9. The van der Waals surface area contributed by atoms with Gasteiger partial charge < -0.3 is 15.4 Å². The molecule has 2 saturated heterocycles. The van der Waals surface area contributed by atoms with Crippen LogP contribution in [-0.4, -0.2) is 67.2 Å². The predicted octanol–water partition coefficient (Wildman–Crippen LogP) is 0.683. The molecule has 0 radical (unpaired) electrons. The summed E-state index contributed by atoms with van der Waals surface area (Å²) in [6.45, 7) is 9.63. The van der Waals surface area contributed by atoms with Gasteiger partial charge in [-0.3, -0.25) is 9.69 Å². The second kappa shape index (κ2) is 7.38. The normalized spacial score (nSPS) is 26.2. The van der Waals surface area contributed by atoms with Crippen LogP contribution >= 0.6 is 0 Å². The number of carbonyl (C=O) groups excluding carboxylic acids is 1. The lowest BCUT2D eigenvalue weighted by Crippen LogP contribution is -2.54. The summed E-state index contributed by atoms with van der Waals surface area (Å²) in [5, 5.41) is 0. The third-order valence-corrected chi connectivity index (χ3v) is 4.21. The van der Waals surface area contributed by atoms with E-state index in [4.69, 9.17) is 10.5 Å². The Morgan fingerprint density at radius 1 is 1.30 bits per heavy atom. The number of hydrogen-bond donors (Lipinski definition) is 1. The van der Waals surface area contributed by atoms with Crippen molar-refractivity contribution < 1.29 is 9.53 Å². The lowest BCUT2D eigenvalue weighted by atomic mass is 10.0. The summed E-state index contributed by atoms with van der Waals surface area (Å²) in [6, 6.07) is -0.334. The molecule has 20 heavy (non-hydrogen) atoms. The lowest BCUT2D eigenvalue weighted by Gasteiger charge is -2.36. The molecule has 0 bridgehead atoms. The molecule has 0 spiro atoms. The minimum absolute atomic E-state index is 0.121. The van der Waals surface area contributed by atoms with Crippen molar-refractivity contribution in [1.82, 2.24) is 9.80 Å². The first-order valence-corrected chi connectivity index (χ1v) is 7.94. The minimum atomic E-state index is -0.334. The van der Waals surface area contributed by atoms with E-state index in [1.807, 2.05) is 4.90 Å². The van der Waals surface area contributed by atoms with Gasteiger partial charge in [0.15, 0.2) is 0 Å². The van der Waals surface area contributed by atoms with Crippen molar-refractivity contribution in [2.45, 2.75) is 45.3 Å². The van der Waals surface area contributed by atoms with E-state index >= 15 is 0 Å². The zero-order valence-corrected chi connectivity index (χ0v) is 12.9. The number of ether oxygens (including phenoxy) is 1. The topological polar surface area (TPSA) is 58.8 Å². The largest absolute Gasteiger partial charge is 0.377 e. The van der Waals surface area contributed by atoms with E-state index in [9.17, 15) is 4.79 Å². The van der Waals surface area contributed by atoms with Crippen molar-refractivity contribution in [3.05, 3.63) is 0 Å². The molecule has 5 nitrogen and oxygen atoms in total. The van der Waals surface area contributed by atoms with E-state index in [0.717, 1.165) is 45.8 Å². The van der Waals surface area contributed by atoms with Crippen molar-refractivity contribution in [3.8, 4) is 0 Å². The molecular formula is C15H29N3O2. The first-order valence-electron chi connectivity index (χ1n) is 7.94. The quantitative estimate of drug-likeness (QED) is 0.806. The van der Waals surface area contributed by atoms with Gasteiger partial charge in [-0.25, -0.2) is 0 Å². The summed E-state index contributed by atoms with van der Waals surface area (Å²) < 4.78 is 5.67. The molecule has 116 valence electrons. The fourth-order valence-corrected chi connectivity index (χ4v) is 3.07. The van der Waals surface area contributed by atoms with E-state index in [1.54, 1.807) is 0 Å². The Morgan fingerprint density at radius 3 is 2.55 bits per heavy atom. The molecule has 2 aliphatic rings. The predicted molar refractivity (Wildman–Crippen MR) is 79.4 cm³/mol. The number of carbonyl (C=O) groups is 1. The molecule has 2 rings (SSSR count). The van der Waals surface area contributed by atoms with Crippen LogP contribution in [0.3, 0.4) is 0 Å². The molecule has 0 aromatic carbocycles. The van der Waals surface area contributed by atoms with Gasteiger partial charge in [0, 0.05) is 39.3 Å². The number of hydrogen-bond acceptors (Lipinski definition) is 4. The molecule has 2 N–H and O–H groups in total. The second-order valence-corrected chi connectivity index (χ2v) is 6.50. The molecule has 0 aliphatic carbocycles. The first kappa shape index (κ1) is 15.7. The number of rotatable bonds is 5. The second-order valence-electron chi connectivity index (χ2n) is 6.50. The van der Waals surface area contributed by atoms with Crippen LogP contribution in [0.2, 0.25) is 0 Å². The standard InChI is InChI=1S/C15H29N3O2/c1-12(2)10-14(16)15(19)18-7-5-17(6-8-18)11-13-4-3-9-20-13/h12-14H,3-11,16H2,1-2H3/t13?,14-/m1/s1. The Kier molecular flexibility index (Phi) is 5.81. The van der Waals surface area contributed by atoms with Gasteiger partial charge in [-0.15, -0.1) is 0 Å². The van der Waals surface area contributed by atoms with E-state index in [-0.39, 0.29) is 11.9 Å². The lowest BCUT2D eigenvalue weighted by molar-refractivity contribution is -0.134. The fourth-order valence-electron chi connectivity index (χ4n) is 3.07. The molecule has 0 aromatic heterocycles. The van der Waals surface area contributed by atoms with Gasteiger partial charge in [0.1, 0.15) is 0 Å². The number of piperazine rings is 1. The zero-order chi connectivity index (χ0) is 14.5. The average Bonchev–Trinajstić information content (AvgIpc) is 2.91. The maximum Gasteiger partial charge on any atom is 0.239 e. The van der Waals surface area contributed by atoms with Crippen molar-refractivity contribution in [3.63, 3.8) is 0 Å². The van der Waals surface area contributed by atoms with Crippen LogP contribution in [0.25, 0.3) is 0 Å². The molecule has 2 heterocycles. The third-order valence-electron chi connectivity index (χ3n) is 4.21. The van der Waals surface area contributed by atoms with Gasteiger partial charge in [0.25, 0.3) is 0 Å². The van der Waals surface area contributed by atoms with E-state index in [1.165, 1.54) is 12.8 Å². The van der Waals surface area contributed by atoms with Crippen LogP contribution in [-0.2, 0) is 9.53 Å². The van der Waals surface area contributed by atoms with Crippen molar-refractivity contribution in [1.29, 1.82) is 0 Å². The maximum atomic E-state index is 12.2. The highest BCUT2D eigenvalue weighted by atomic mass is 16.5. The van der Waals surface area contributed by atoms with Crippen LogP contribution in [0.5, 0.6) is 0 Å². The molecule has 0 aromatic rings. The van der Waals surface area contributed by atoms with Gasteiger partial charge in [-0.05, 0) is 25.2 Å². The van der Waals surface area contributed by atoms with E-state index < -0.39 is 0 Å². The first-order chi connectivity index (χ1) is 9.56. The Morgan fingerprint density at radius 2 is 2.00 bits per heavy atom. The van der Waals surface area contributed by atoms with E-state index in [0.29, 0.717) is 12.0 Å². The molecule has 1 amide bonds. The Balaban J connectivity index is 1.71. The van der Waals surface area contributed by atoms with Crippen molar-refractivity contribution in [2.75, 3.05) is 39.3 Å². The summed E-state index contributed by atoms with van der Waals surface area (Å²) in [5.74, 6) is 0.588. The van der Waals surface area contributed by atoms with Crippen LogP contribution in [0.1, 0.15) is 33.1 Å².